The highest BCUT2D eigenvalue weighted by Gasteiger charge is 2.24. The molecule has 0 amide bonds. The zero-order chi connectivity index (χ0) is 9.83. The summed E-state index contributed by atoms with van der Waals surface area (Å²) in [5.74, 6) is 0. The molecule has 0 saturated carbocycles. The fourth-order valence-electron chi connectivity index (χ4n) is 2.07. The third kappa shape index (κ3) is 7.15. The minimum absolute atomic E-state index is 0.468. The summed E-state index contributed by atoms with van der Waals surface area (Å²) >= 11 is 3.48. The molecule has 1 heteroatoms. The summed E-state index contributed by atoms with van der Waals surface area (Å²) in [6.45, 7) is 11.7. The molecule has 0 fully saturated rings. The van der Waals surface area contributed by atoms with Crippen LogP contribution in [0.4, 0.5) is 0 Å². The standard InChI is InChI=1S/C11H23Br/c1-10(2,3)9-11(4,5)7-6-8-12/h6-9H2,1-5H3. The Hall–Kier alpha value is 0.480. The van der Waals surface area contributed by atoms with Gasteiger partial charge in [-0.25, -0.2) is 0 Å². The second-order valence-electron chi connectivity index (χ2n) is 5.69. The van der Waals surface area contributed by atoms with Crippen molar-refractivity contribution in [1.29, 1.82) is 0 Å². The van der Waals surface area contributed by atoms with Crippen LogP contribution in [-0.4, -0.2) is 5.33 Å². The first kappa shape index (κ1) is 12.5. The smallest absolute Gasteiger partial charge is 0.00315 e. The normalized spacial score (nSPS) is 13.5. The van der Waals surface area contributed by atoms with Gasteiger partial charge in [-0.1, -0.05) is 50.5 Å². The van der Waals surface area contributed by atoms with E-state index in [2.05, 4.69) is 50.5 Å². The van der Waals surface area contributed by atoms with Gasteiger partial charge in [0.1, 0.15) is 0 Å². The van der Waals surface area contributed by atoms with Gasteiger partial charge in [-0.15, -0.1) is 0 Å². The molecule has 74 valence electrons. The number of alkyl halides is 1. The maximum atomic E-state index is 3.48. The van der Waals surface area contributed by atoms with Crippen molar-refractivity contribution in [3.05, 3.63) is 0 Å². The van der Waals surface area contributed by atoms with E-state index in [9.17, 15) is 0 Å². The van der Waals surface area contributed by atoms with Crippen molar-refractivity contribution in [1.82, 2.24) is 0 Å². The molecule has 0 heterocycles. The highest BCUT2D eigenvalue weighted by atomic mass is 79.9. The molecule has 0 aromatic carbocycles. The van der Waals surface area contributed by atoms with Gasteiger partial charge in [0.15, 0.2) is 0 Å². The maximum absolute atomic E-state index is 3.48. The number of rotatable bonds is 4. The Balaban J connectivity index is 3.86. The fourth-order valence-corrected chi connectivity index (χ4v) is 2.35. The van der Waals surface area contributed by atoms with E-state index < -0.39 is 0 Å². The van der Waals surface area contributed by atoms with Gasteiger partial charge in [0, 0.05) is 5.33 Å². The van der Waals surface area contributed by atoms with Crippen LogP contribution < -0.4 is 0 Å². The van der Waals surface area contributed by atoms with Gasteiger partial charge in [0.25, 0.3) is 0 Å². The highest BCUT2D eigenvalue weighted by molar-refractivity contribution is 9.09. The van der Waals surface area contributed by atoms with Crippen molar-refractivity contribution < 1.29 is 0 Å². The van der Waals surface area contributed by atoms with E-state index in [1.807, 2.05) is 0 Å². The van der Waals surface area contributed by atoms with Crippen LogP contribution in [0.15, 0.2) is 0 Å². The van der Waals surface area contributed by atoms with Crippen LogP contribution >= 0.6 is 15.9 Å². The van der Waals surface area contributed by atoms with Crippen LogP contribution in [-0.2, 0) is 0 Å². The average Bonchev–Trinajstić information content (AvgIpc) is 1.78. The minimum Gasteiger partial charge on any atom is -0.0928 e. The van der Waals surface area contributed by atoms with E-state index in [0.717, 1.165) is 5.33 Å². The first-order valence-electron chi connectivity index (χ1n) is 4.83. The molecule has 0 N–H and O–H groups in total. The molecule has 12 heavy (non-hydrogen) atoms. The summed E-state index contributed by atoms with van der Waals surface area (Å²) in [5, 5.41) is 1.14. The number of hydrogen-bond donors (Lipinski definition) is 0. The van der Waals surface area contributed by atoms with E-state index in [1.54, 1.807) is 0 Å². The second-order valence-corrected chi connectivity index (χ2v) is 6.49. The third-order valence-corrected chi connectivity index (χ3v) is 2.56. The lowest BCUT2D eigenvalue weighted by atomic mass is 9.74. The molecule has 0 aromatic heterocycles. The van der Waals surface area contributed by atoms with Crippen LogP contribution in [0, 0.1) is 10.8 Å². The van der Waals surface area contributed by atoms with E-state index in [0.29, 0.717) is 10.8 Å². The van der Waals surface area contributed by atoms with Crippen LogP contribution in [0.1, 0.15) is 53.9 Å². The molecule has 0 atom stereocenters. The van der Waals surface area contributed by atoms with Crippen LogP contribution in [0.2, 0.25) is 0 Å². The molecule has 0 aliphatic carbocycles. The summed E-state index contributed by atoms with van der Waals surface area (Å²) in [6.07, 6.45) is 3.94. The Kier molecular flexibility index (Phi) is 4.83. The van der Waals surface area contributed by atoms with Gasteiger partial charge in [-0.3, -0.25) is 0 Å². The Morgan fingerprint density at radius 2 is 1.50 bits per heavy atom. The zero-order valence-corrected chi connectivity index (χ0v) is 10.8. The van der Waals surface area contributed by atoms with Crippen molar-refractivity contribution in [2.75, 3.05) is 5.33 Å². The van der Waals surface area contributed by atoms with Crippen molar-refractivity contribution in [3.8, 4) is 0 Å². The van der Waals surface area contributed by atoms with Crippen molar-refractivity contribution in [2.45, 2.75) is 53.9 Å². The second kappa shape index (κ2) is 4.64. The van der Waals surface area contributed by atoms with Gasteiger partial charge in [0.05, 0.1) is 0 Å². The third-order valence-electron chi connectivity index (χ3n) is 2.00. The Bertz CT molecular complexity index is 119. The minimum atomic E-state index is 0.468. The Labute approximate surface area is 86.3 Å². The van der Waals surface area contributed by atoms with Crippen LogP contribution in [0.5, 0.6) is 0 Å². The summed E-state index contributed by atoms with van der Waals surface area (Å²) in [4.78, 5) is 0. The van der Waals surface area contributed by atoms with Gasteiger partial charge < -0.3 is 0 Å². The van der Waals surface area contributed by atoms with Crippen molar-refractivity contribution in [2.24, 2.45) is 10.8 Å². The summed E-state index contributed by atoms with van der Waals surface area (Å²) < 4.78 is 0. The molecule has 0 aliphatic heterocycles. The van der Waals surface area contributed by atoms with Crippen LogP contribution in [0.3, 0.4) is 0 Å². The van der Waals surface area contributed by atoms with Crippen molar-refractivity contribution in [3.63, 3.8) is 0 Å². The van der Waals surface area contributed by atoms with Gasteiger partial charge in [-0.05, 0) is 30.1 Å². The lowest BCUT2D eigenvalue weighted by Crippen LogP contribution is -2.20. The Morgan fingerprint density at radius 1 is 1.00 bits per heavy atom. The molecule has 0 aliphatic rings. The van der Waals surface area contributed by atoms with E-state index in [4.69, 9.17) is 0 Å². The largest absolute Gasteiger partial charge is 0.0928 e. The number of halogens is 1. The number of hydrogen-bond acceptors (Lipinski definition) is 0. The van der Waals surface area contributed by atoms with E-state index in [1.165, 1.54) is 19.3 Å². The van der Waals surface area contributed by atoms with E-state index in [-0.39, 0.29) is 0 Å². The topological polar surface area (TPSA) is 0 Å². The molecular weight excluding hydrogens is 212 g/mol. The summed E-state index contributed by atoms with van der Waals surface area (Å²) in [7, 11) is 0. The average molecular weight is 235 g/mol. The summed E-state index contributed by atoms with van der Waals surface area (Å²) in [5.41, 5.74) is 0.974. The molecule has 0 saturated heterocycles. The van der Waals surface area contributed by atoms with E-state index >= 15 is 0 Å². The quantitative estimate of drug-likeness (QED) is 0.623. The van der Waals surface area contributed by atoms with Gasteiger partial charge in [0.2, 0.25) is 0 Å². The highest BCUT2D eigenvalue weighted by Crippen LogP contribution is 2.36. The monoisotopic (exact) mass is 234 g/mol. The fraction of sp³-hybridized carbons (Fsp3) is 1.00. The SMILES string of the molecule is CC(C)(C)CC(C)(C)CCCBr. The molecule has 0 radical (unpaired) electrons. The molecule has 0 nitrogen and oxygen atoms in total. The molecule has 0 rings (SSSR count). The maximum Gasteiger partial charge on any atom is 0.00315 e. The predicted molar refractivity (Wildman–Crippen MR) is 60.9 cm³/mol. The first-order chi connectivity index (χ1) is 5.27. The predicted octanol–water partition coefficient (Wildman–Crippen LogP) is 4.62. The molecular formula is C11H23Br. The van der Waals surface area contributed by atoms with Gasteiger partial charge >= 0.3 is 0 Å². The molecule has 0 unspecified atom stereocenters. The molecule has 0 aromatic rings. The molecule has 0 bridgehead atoms. The molecule has 0 spiro atoms. The Morgan fingerprint density at radius 3 is 1.83 bits per heavy atom. The lowest BCUT2D eigenvalue weighted by molar-refractivity contribution is 0.198. The lowest BCUT2D eigenvalue weighted by Gasteiger charge is -2.32. The summed E-state index contributed by atoms with van der Waals surface area (Å²) in [6, 6.07) is 0. The van der Waals surface area contributed by atoms with Gasteiger partial charge in [-0.2, -0.15) is 0 Å². The van der Waals surface area contributed by atoms with Crippen molar-refractivity contribution >= 4 is 15.9 Å². The first-order valence-corrected chi connectivity index (χ1v) is 5.95. The zero-order valence-electron chi connectivity index (χ0n) is 9.21. The van der Waals surface area contributed by atoms with Crippen LogP contribution in [0.25, 0.3) is 0 Å².